The van der Waals surface area contributed by atoms with Gasteiger partial charge in [-0.25, -0.2) is 0 Å². The zero-order valence-corrected chi connectivity index (χ0v) is 8.84. The van der Waals surface area contributed by atoms with Gasteiger partial charge in [-0.1, -0.05) is 0 Å². The summed E-state index contributed by atoms with van der Waals surface area (Å²) >= 11 is 0. The Morgan fingerprint density at radius 3 is 2.07 bits per heavy atom. The van der Waals surface area contributed by atoms with Crippen LogP contribution in [0.15, 0.2) is 0 Å². The molecular weight excluding hydrogens is 205 g/mol. The van der Waals surface area contributed by atoms with Crippen LogP contribution in [-0.4, -0.2) is 20.2 Å². The molecule has 0 amide bonds. The van der Waals surface area contributed by atoms with Crippen molar-refractivity contribution in [2.24, 2.45) is 23.5 Å². The average molecular weight is 221 g/mol. The maximum Gasteiger partial charge on any atom is 0.302 e. The highest BCUT2D eigenvalue weighted by Crippen LogP contribution is 2.44. The van der Waals surface area contributed by atoms with Crippen LogP contribution in [-0.2, 0) is 10.2 Å². The molecule has 0 aromatic heterocycles. The summed E-state index contributed by atoms with van der Waals surface area (Å²) in [4.78, 5) is 0. The molecule has 0 bridgehead atoms. The van der Waals surface area contributed by atoms with Crippen molar-refractivity contribution in [3.05, 3.63) is 0 Å². The highest BCUT2D eigenvalue weighted by atomic mass is 32.3. The van der Waals surface area contributed by atoms with E-state index in [4.69, 9.17) is 5.73 Å². The van der Waals surface area contributed by atoms with Gasteiger partial charge in [0.2, 0.25) is 0 Å². The van der Waals surface area contributed by atoms with Gasteiger partial charge in [-0.15, -0.1) is 3.89 Å². The second-order valence-corrected chi connectivity index (χ2v) is 6.03. The van der Waals surface area contributed by atoms with Crippen molar-refractivity contribution in [3.63, 3.8) is 0 Å². The van der Waals surface area contributed by atoms with Crippen molar-refractivity contribution in [3.8, 4) is 0 Å². The van der Waals surface area contributed by atoms with Gasteiger partial charge in [-0.05, 0) is 43.4 Å². The Kier molecular flexibility index (Phi) is 2.55. The zero-order chi connectivity index (χ0) is 10.3. The summed E-state index contributed by atoms with van der Waals surface area (Å²) in [6.45, 7) is 0. The van der Waals surface area contributed by atoms with E-state index in [9.17, 15) is 12.3 Å². The van der Waals surface area contributed by atoms with E-state index in [0.29, 0.717) is 11.8 Å². The van der Waals surface area contributed by atoms with Crippen LogP contribution in [0.2, 0.25) is 0 Å². The molecule has 14 heavy (non-hydrogen) atoms. The van der Waals surface area contributed by atoms with Crippen molar-refractivity contribution < 1.29 is 12.3 Å². The lowest BCUT2D eigenvalue weighted by Crippen LogP contribution is -2.37. The summed E-state index contributed by atoms with van der Waals surface area (Å²) in [6.07, 6.45) is 4.19. The lowest BCUT2D eigenvalue weighted by Gasteiger charge is -2.21. The summed E-state index contributed by atoms with van der Waals surface area (Å²) < 4.78 is 33.8. The van der Waals surface area contributed by atoms with Gasteiger partial charge in [0.05, 0.1) is 5.75 Å². The topological polar surface area (TPSA) is 60.2 Å². The first-order valence-electron chi connectivity index (χ1n) is 5.15. The summed E-state index contributed by atoms with van der Waals surface area (Å²) in [5, 5.41) is 0. The molecule has 2 atom stereocenters. The largest absolute Gasteiger partial charge is 0.327 e. The third-order valence-electron chi connectivity index (χ3n) is 3.28. The van der Waals surface area contributed by atoms with Gasteiger partial charge in [0, 0.05) is 6.04 Å². The van der Waals surface area contributed by atoms with Gasteiger partial charge >= 0.3 is 10.2 Å². The second-order valence-electron chi connectivity index (χ2n) is 4.62. The molecule has 0 spiro atoms. The predicted molar refractivity (Wildman–Crippen MR) is 51.8 cm³/mol. The Morgan fingerprint density at radius 1 is 1.21 bits per heavy atom. The van der Waals surface area contributed by atoms with Crippen molar-refractivity contribution in [2.75, 3.05) is 5.75 Å². The zero-order valence-electron chi connectivity index (χ0n) is 8.02. The van der Waals surface area contributed by atoms with Crippen molar-refractivity contribution in [2.45, 2.75) is 31.7 Å². The number of rotatable bonds is 5. The minimum absolute atomic E-state index is 0.104. The summed E-state index contributed by atoms with van der Waals surface area (Å²) in [6, 6.07) is -0.104. The SMILES string of the molecule is NC(C1CC1)C(CS(=O)(=O)F)C1CC1. The Morgan fingerprint density at radius 2 is 1.71 bits per heavy atom. The third kappa shape index (κ3) is 2.67. The molecule has 0 heterocycles. The molecule has 0 aliphatic heterocycles. The van der Waals surface area contributed by atoms with Gasteiger partial charge in [-0.3, -0.25) is 0 Å². The van der Waals surface area contributed by atoms with Gasteiger partial charge in [-0.2, -0.15) is 8.42 Å². The quantitative estimate of drug-likeness (QED) is 0.706. The Labute approximate surface area is 84.1 Å². The van der Waals surface area contributed by atoms with Crippen molar-refractivity contribution >= 4 is 10.2 Å². The molecule has 2 unspecified atom stereocenters. The van der Waals surface area contributed by atoms with Crippen LogP contribution in [0.5, 0.6) is 0 Å². The lowest BCUT2D eigenvalue weighted by molar-refractivity contribution is 0.369. The maximum absolute atomic E-state index is 12.6. The van der Waals surface area contributed by atoms with Crippen LogP contribution in [0, 0.1) is 17.8 Å². The first-order valence-corrected chi connectivity index (χ1v) is 6.70. The van der Waals surface area contributed by atoms with Crippen LogP contribution in [0.3, 0.4) is 0 Å². The third-order valence-corrected chi connectivity index (χ3v) is 4.06. The lowest BCUT2D eigenvalue weighted by atomic mass is 9.93. The summed E-state index contributed by atoms with van der Waals surface area (Å²) in [7, 11) is -4.36. The molecule has 82 valence electrons. The standard InChI is InChI=1S/C9H16FNO2S/c10-14(12,13)5-8(6-1-2-6)9(11)7-3-4-7/h6-9H,1-5,11H2. The van der Waals surface area contributed by atoms with Gasteiger partial charge in [0.25, 0.3) is 0 Å². The van der Waals surface area contributed by atoms with Crippen LogP contribution in [0.4, 0.5) is 3.89 Å². The van der Waals surface area contributed by atoms with E-state index in [1.165, 1.54) is 0 Å². The molecule has 0 saturated heterocycles. The molecule has 3 nitrogen and oxygen atoms in total. The molecular formula is C9H16FNO2S. The molecule has 2 N–H and O–H groups in total. The van der Waals surface area contributed by atoms with E-state index < -0.39 is 10.2 Å². The molecule has 0 aromatic rings. The van der Waals surface area contributed by atoms with E-state index in [2.05, 4.69) is 0 Å². The first-order chi connectivity index (χ1) is 6.47. The van der Waals surface area contributed by atoms with Crippen molar-refractivity contribution in [1.82, 2.24) is 0 Å². The summed E-state index contributed by atoms with van der Waals surface area (Å²) in [5.74, 6) is 0.297. The van der Waals surface area contributed by atoms with Gasteiger partial charge < -0.3 is 5.73 Å². The number of halogens is 1. The van der Waals surface area contributed by atoms with Gasteiger partial charge in [0.1, 0.15) is 0 Å². The fourth-order valence-electron chi connectivity index (χ4n) is 2.15. The van der Waals surface area contributed by atoms with E-state index in [1.54, 1.807) is 0 Å². The predicted octanol–water partition coefficient (Wildman–Crippen LogP) is 1.05. The smallest absolute Gasteiger partial charge is 0.302 e. The Hall–Kier alpha value is -0.160. The van der Waals surface area contributed by atoms with Crippen LogP contribution in [0.25, 0.3) is 0 Å². The fourth-order valence-corrected chi connectivity index (χ4v) is 3.10. The molecule has 0 aromatic carbocycles. The minimum Gasteiger partial charge on any atom is -0.327 e. The van der Waals surface area contributed by atoms with Crippen LogP contribution >= 0.6 is 0 Å². The molecule has 2 saturated carbocycles. The fraction of sp³-hybridized carbons (Fsp3) is 1.00. The Bertz CT molecular complexity index is 309. The molecule has 0 radical (unpaired) electrons. The Balaban J connectivity index is 1.99. The van der Waals surface area contributed by atoms with E-state index in [-0.39, 0.29) is 17.7 Å². The highest BCUT2D eigenvalue weighted by molar-refractivity contribution is 7.86. The van der Waals surface area contributed by atoms with E-state index >= 15 is 0 Å². The molecule has 2 rings (SSSR count). The average Bonchev–Trinajstić information content (AvgIpc) is 2.83. The van der Waals surface area contributed by atoms with Gasteiger partial charge in [0.15, 0.2) is 0 Å². The molecule has 2 fully saturated rings. The number of nitrogens with two attached hydrogens (primary N) is 1. The van der Waals surface area contributed by atoms with E-state index in [1.807, 2.05) is 0 Å². The highest BCUT2D eigenvalue weighted by Gasteiger charge is 2.43. The van der Waals surface area contributed by atoms with Crippen LogP contribution < -0.4 is 5.73 Å². The molecule has 5 heteroatoms. The molecule has 2 aliphatic rings. The number of hydrogen-bond acceptors (Lipinski definition) is 3. The maximum atomic E-state index is 12.6. The summed E-state index contributed by atoms with van der Waals surface area (Å²) in [5.41, 5.74) is 5.94. The number of hydrogen-bond donors (Lipinski definition) is 1. The monoisotopic (exact) mass is 221 g/mol. The molecule has 2 aliphatic carbocycles. The van der Waals surface area contributed by atoms with E-state index in [0.717, 1.165) is 25.7 Å². The van der Waals surface area contributed by atoms with Crippen molar-refractivity contribution in [1.29, 1.82) is 0 Å². The second kappa shape index (κ2) is 3.45. The normalized spacial score (nSPS) is 27.3. The minimum atomic E-state index is -4.36. The van der Waals surface area contributed by atoms with Crippen LogP contribution in [0.1, 0.15) is 25.7 Å². The first kappa shape index (κ1) is 10.4.